The third-order valence-corrected chi connectivity index (χ3v) is 3.50. The van der Waals surface area contributed by atoms with E-state index >= 15 is 0 Å². The minimum Gasteiger partial charge on any atom is -0.388 e. The summed E-state index contributed by atoms with van der Waals surface area (Å²) in [6.07, 6.45) is 0. The number of thiophene rings is 1. The van der Waals surface area contributed by atoms with Crippen LogP contribution in [0.15, 0.2) is 41.1 Å². The van der Waals surface area contributed by atoms with Crippen LogP contribution in [0.25, 0.3) is 0 Å². The Labute approximate surface area is 111 Å². The number of carbonyl (C=O) groups excluding carboxylic acids is 1. The van der Waals surface area contributed by atoms with Crippen molar-refractivity contribution < 1.29 is 4.79 Å². The molecule has 0 aliphatic carbocycles. The molecule has 0 radical (unpaired) electrons. The first-order valence-corrected chi connectivity index (χ1v) is 6.69. The maximum Gasteiger partial charge on any atom is 0.253 e. The van der Waals surface area contributed by atoms with Gasteiger partial charge < -0.3 is 10.2 Å². The van der Waals surface area contributed by atoms with Crippen LogP contribution in [0.3, 0.4) is 0 Å². The highest BCUT2D eigenvalue weighted by Crippen LogP contribution is 2.13. The lowest BCUT2D eigenvalue weighted by Gasteiger charge is -2.16. The zero-order chi connectivity index (χ0) is 13.0. The van der Waals surface area contributed by atoms with Gasteiger partial charge in [0.1, 0.15) is 0 Å². The zero-order valence-corrected chi connectivity index (χ0v) is 11.3. The van der Waals surface area contributed by atoms with Crippen molar-refractivity contribution in [3.05, 3.63) is 52.2 Å². The number of rotatable bonds is 4. The number of benzene rings is 1. The van der Waals surface area contributed by atoms with Gasteiger partial charge in [0.05, 0.1) is 0 Å². The topological polar surface area (TPSA) is 32.3 Å². The van der Waals surface area contributed by atoms with Crippen molar-refractivity contribution in [3.8, 4) is 0 Å². The normalized spacial score (nSPS) is 10.1. The van der Waals surface area contributed by atoms with Crippen LogP contribution in [0.5, 0.6) is 0 Å². The Morgan fingerprint density at radius 3 is 2.56 bits per heavy atom. The summed E-state index contributed by atoms with van der Waals surface area (Å²) in [5.74, 6) is 0.0452. The molecule has 2 rings (SSSR count). The van der Waals surface area contributed by atoms with Gasteiger partial charge in [-0.25, -0.2) is 0 Å². The number of nitrogens with one attached hydrogen (secondary N) is 1. The molecule has 94 valence electrons. The summed E-state index contributed by atoms with van der Waals surface area (Å²) in [6, 6.07) is 9.55. The van der Waals surface area contributed by atoms with Gasteiger partial charge in [-0.2, -0.15) is 11.3 Å². The molecule has 2 aromatic rings. The van der Waals surface area contributed by atoms with Crippen LogP contribution in [0.2, 0.25) is 0 Å². The SMILES string of the molecule is CNc1ccc(C(=O)N(C)Cc2ccsc2)cc1. The Morgan fingerprint density at radius 2 is 2.00 bits per heavy atom. The Hall–Kier alpha value is -1.81. The molecular formula is C14H16N2OS. The monoisotopic (exact) mass is 260 g/mol. The second kappa shape index (κ2) is 5.69. The molecule has 0 saturated carbocycles. The van der Waals surface area contributed by atoms with E-state index in [2.05, 4.69) is 10.7 Å². The minimum absolute atomic E-state index is 0.0452. The van der Waals surface area contributed by atoms with E-state index in [1.807, 2.05) is 49.8 Å². The number of carbonyl (C=O) groups is 1. The van der Waals surface area contributed by atoms with Gasteiger partial charge in [0.25, 0.3) is 5.91 Å². The molecule has 1 amide bonds. The molecule has 3 nitrogen and oxygen atoms in total. The Balaban J connectivity index is 2.05. The number of hydrogen-bond acceptors (Lipinski definition) is 3. The highest BCUT2D eigenvalue weighted by molar-refractivity contribution is 7.07. The van der Waals surface area contributed by atoms with Crippen LogP contribution >= 0.6 is 11.3 Å². The molecule has 4 heteroatoms. The third kappa shape index (κ3) is 2.90. The Morgan fingerprint density at radius 1 is 1.28 bits per heavy atom. The molecule has 0 bridgehead atoms. The lowest BCUT2D eigenvalue weighted by molar-refractivity contribution is 0.0785. The first kappa shape index (κ1) is 12.6. The molecule has 0 aliphatic rings. The smallest absolute Gasteiger partial charge is 0.253 e. The standard InChI is InChI=1S/C14H16N2OS/c1-15-13-5-3-12(4-6-13)14(17)16(2)9-11-7-8-18-10-11/h3-8,10,15H,9H2,1-2H3. The van der Waals surface area contributed by atoms with Gasteiger partial charge in [0, 0.05) is 31.9 Å². The number of amides is 1. The van der Waals surface area contributed by atoms with E-state index in [-0.39, 0.29) is 5.91 Å². The molecule has 1 aromatic heterocycles. The van der Waals surface area contributed by atoms with E-state index in [1.165, 1.54) is 5.56 Å². The summed E-state index contributed by atoms with van der Waals surface area (Å²) in [5, 5.41) is 7.12. The maximum atomic E-state index is 12.2. The lowest BCUT2D eigenvalue weighted by atomic mass is 10.1. The summed E-state index contributed by atoms with van der Waals surface area (Å²) < 4.78 is 0. The van der Waals surface area contributed by atoms with Crippen LogP contribution in [0, 0.1) is 0 Å². The largest absolute Gasteiger partial charge is 0.388 e. The third-order valence-electron chi connectivity index (χ3n) is 2.77. The zero-order valence-electron chi connectivity index (χ0n) is 10.5. The summed E-state index contributed by atoms with van der Waals surface area (Å²) >= 11 is 1.65. The average molecular weight is 260 g/mol. The van der Waals surface area contributed by atoms with E-state index in [0.717, 1.165) is 5.69 Å². The van der Waals surface area contributed by atoms with Gasteiger partial charge in [-0.15, -0.1) is 0 Å². The highest BCUT2D eigenvalue weighted by Gasteiger charge is 2.11. The summed E-state index contributed by atoms with van der Waals surface area (Å²) in [7, 11) is 3.69. The molecule has 0 saturated heterocycles. The molecule has 0 spiro atoms. The van der Waals surface area contributed by atoms with E-state index < -0.39 is 0 Å². The van der Waals surface area contributed by atoms with E-state index in [9.17, 15) is 4.79 Å². The van der Waals surface area contributed by atoms with Crippen molar-refractivity contribution in [1.29, 1.82) is 0 Å². The fraction of sp³-hybridized carbons (Fsp3) is 0.214. The summed E-state index contributed by atoms with van der Waals surface area (Å²) in [4.78, 5) is 13.9. The van der Waals surface area contributed by atoms with E-state index in [0.29, 0.717) is 12.1 Å². The average Bonchev–Trinajstić information content (AvgIpc) is 2.91. The molecule has 0 unspecified atom stereocenters. The number of anilines is 1. The van der Waals surface area contributed by atoms with Gasteiger partial charge in [0.2, 0.25) is 0 Å². The number of hydrogen-bond donors (Lipinski definition) is 1. The lowest BCUT2D eigenvalue weighted by Crippen LogP contribution is -2.25. The van der Waals surface area contributed by atoms with Crippen LogP contribution in [0.1, 0.15) is 15.9 Å². The molecule has 1 aromatic carbocycles. The quantitative estimate of drug-likeness (QED) is 0.916. The van der Waals surface area contributed by atoms with Crippen molar-refractivity contribution in [2.45, 2.75) is 6.54 Å². The van der Waals surface area contributed by atoms with E-state index in [1.54, 1.807) is 16.2 Å². The molecular weight excluding hydrogens is 244 g/mol. The molecule has 1 N–H and O–H groups in total. The van der Waals surface area contributed by atoms with Gasteiger partial charge in [-0.05, 0) is 46.7 Å². The van der Waals surface area contributed by atoms with E-state index in [4.69, 9.17) is 0 Å². The molecule has 1 heterocycles. The summed E-state index contributed by atoms with van der Waals surface area (Å²) in [6.45, 7) is 0.649. The van der Waals surface area contributed by atoms with Crippen LogP contribution in [-0.4, -0.2) is 24.9 Å². The van der Waals surface area contributed by atoms with Gasteiger partial charge >= 0.3 is 0 Å². The first-order valence-electron chi connectivity index (χ1n) is 5.75. The molecule has 0 atom stereocenters. The molecule has 0 aliphatic heterocycles. The minimum atomic E-state index is 0.0452. The maximum absolute atomic E-state index is 12.2. The fourth-order valence-electron chi connectivity index (χ4n) is 1.73. The van der Waals surface area contributed by atoms with Crippen molar-refractivity contribution >= 4 is 22.9 Å². The first-order chi connectivity index (χ1) is 8.70. The predicted molar refractivity (Wildman–Crippen MR) is 76.1 cm³/mol. The van der Waals surface area contributed by atoms with Crippen molar-refractivity contribution in [1.82, 2.24) is 4.90 Å². The second-order valence-corrected chi connectivity index (χ2v) is 4.90. The summed E-state index contributed by atoms with van der Waals surface area (Å²) in [5.41, 5.74) is 2.89. The van der Waals surface area contributed by atoms with Crippen molar-refractivity contribution in [3.63, 3.8) is 0 Å². The Bertz CT molecular complexity index is 505. The van der Waals surface area contributed by atoms with Crippen molar-refractivity contribution in [2.24, 2.45) is 0 Å². The predicted octanol–water partition coefficient (Wildman–Crippen LogP) is 3.06. The molecule has 0 fully saturated rings. The Kier molecular flexibility index (Phi) is 3.99. The van der Waals surface area contributed by atoms with Gasteiger partial charge in [0.15, 0.2) is 0 Å². The van der Waals surface area contributed by atoms with Crippen LogP contribution in [-0.2, 0) is 6.54 Å². The fourth-order valence-corrected chi connectivity index (χ4v) is 2.39. The van der Waals surface area contributed by atoms with Gasteiger partial charge in [-0.3, -0.25) is 4.79 Å². The molecule has 18 heavy (non-hydrogen) atoms. The van der Waals surface area contributed by atoms with Crippen LogP contribution in [0.4, 0.5) is 5.69 Å². The van der Waals surface area contributed by atoms with Crippen molar-refractivity contribution in [2.75, 3.05) is 19.4 Å². The van der Waals surface area contributed by atoms with Crippen LogP contribution < -0.4 is 5.32 Å². The number of nitrogens with zero attached hydrogens (tertiary/aromatic N) is 1. The highest BCUT2D eigenvalue weighted by atomic mass is 32.1. The second-order valence-electron chi connectivity index (χ2n) is 4.12. The van der Waals surface area contributed by atoms with Gasteiger partial charge in [-0.1, -0.05) is 0 Å².